The maximum absolute atomic E-state index is 13.6. The molecule has 0 radical (unpaired) electrons. The molecule has 2 aromatic heterocycles. The summed E-state index contributed by atoms with van der Waals surface area (Å²) in [5.41, 5.74) is 1.59. The van der Waals surface area contributed by atoms with Crippen LogP contribution in [0.25, 0.3) is 5.82 Å². The van der Waals surface area contributed by atoms with Gasteiger partial charge in [0.1, 0.15) is 11.6 Å². The van der Waals surface area contributed by atoms with Crippen LogP contribution < -0.4 is 5.32 Å². The highest BCUT2D eigenvalue weighted by Crippen LogP contribution is 2.18. The summed E-state index contributed by atoms with van der Waals surface area (Å²) in [6, 6.07) is 15.4. The number of hydrogen-bond donors (Lipinski definition) is 1. The van der Waals surface area contributed by atoms with Gasteiger partial charge in [-0.2, -0.15) is 0 Å². The molecule has 1 atom stereocenters. The Morgan fingerprint density at radius 1 is 1.03 bits per heavy atom. The van der Waals surface area contributed by atoms with Gasteiger partial charge in [-0.3, -0.25) is 4.79 Å². The van der Waals surface area contributed by atoms with Gasteiger partial charge in [-0.15, -0.1) is 5.10 Å². The molecule has 30 heavy (non-hydrogen) atoms. The van der Waals surface area contributed by atoms with Gasteiger partial charge in [-0.1, -0.05) is 29.5 Å². The van der Waals surface area contributed by atoms with Crippen molar-refractivity contribution in [2.75, 3.05) is 0 Å². The zero-order chi connectivity index (χ0) is 21.1. The highest BCUT2D eigenvalue weighted by molar-refractivity contribution is 5.95. The first kappa shape index (κ1) is 19.5. The monoisotopic (exact) mass is 407 g/mol. The lowest BCUT2D eigenvalue weighted by Gasteiger charge is -2.14. The predicted octanol–water partition coefficient (Wildman–Crippen LogP) is 3.89. The third-order valence-corrected chi connectivity index (χ3v) is 4.71. The average molecular weight is 407 g/mol. The van der Waals surface area contributed by atoms with Crippen LogP contribution in [0.4, 0.5) is 8.78 Å². The van der Waals surface area contributed by atoms with Crippen LogP contribution in [0.3, 0.4) is 0 Å². The SMILES string of the molecule is C[C@@H](NC(=O)c1nnn(Cc2cccc(F)c2)c1-n1cccc1)c1ccc(F)cc1. The Bertz CT molecular complexity index is 1150. The first-order valence-corrected chi connectivity index (χ1v) is 9.39. The van der Waals surface area contributed by atoms with Crippen molar-refractivity contribution in [1.29, 1.82) is 0 Å². The van der Waals surface area contributed by atoms with E-state index in [-0.39, 0.29) is 29.9 Å². The second kappa shape index (κ2) is 8.28. The topological polar surface area (TPSA) is 64.7 Å². The van der Waals surface area contributed by atoms with E-state index in [9.17, 15) is 13.6 Å². The second-order valence-corrected chi connectivity index (χ2v) is 6.89. The van der Waals surface area contributed by atoms with E-state index >= 15 is 0 Å². The molecule has 1 amide bonds. The minimum atomic E-state index is -0.416. The number of carbonyl (C=O) groups excluding carboxylic acids is 1. The maximum Gasteiger partial charge on any atom is 0.276 e. The van der Waals surface area contributed by atoms with Gasteiger partial charge in [0.05, 0.1) is 12.6 Å². The summed E-state index contributed by atoms with van der Waals surface area (Å²) in [4.78, 5) is 13.0. The summed E-state index contributed by atoms with van der Waals surface area (Å²) < 4.78 is 30.0. The third-order valence-electron chi connectivity index (χ3n) is 4.71. The van der Waals surface area contributed by atoms with E-state index < -0.39 is 5.91 Å². The largest absolute Gasteiger partial charge is 0.344 e. The van der Waals surface area contributed by atoms with Gasteiger partial charge in [0.2, 0.25) is 0 Å². The van der Waals surface area contributed by atoms with Gasteiger partial charge >= 0.3 is 0 Å². The number of halogens is 2. The molecule has 0 aliphatic rings. The van der Waals surface area contributed by atoms with Crippen LogP contribution in [0.2, 0.25) is 0 Å². The Morgan fingerprint density at radius 3 is 2.47 bits per heavy atom. The molecule has 4 aromatic rings. The van der Waals surface area contributed by atoms with Gasteiger partial charge in [0.15, 0.2) is 11.5 Å². The van der Waals surface area contributed by atoms with Crippen molar-refractivity contribution < 1.29 is 13.6 Å². The van der Waals surface area contributed by atoms with E-state index in [1.165, 1.54) is 24.3 Å². The molecule has 2 heterocycles. The second-order valence-electron chi connectivity index (χ2n) is 6.89. The number of nitrogens with one attached hydrogen (secondary N) is 1. The van der Waals surface area contributed by atoms with Gasteiger partial charge in [-0.05, 0) is 54.4 Å². The van der Waals surface area contributed by atoms with Gasteiger partial charge < -0.3 is 9.88 Å². The van der Waals surface area contributed by atoms with Crippen LogP contribution in [-0.4, -0.2) is 25.5 Å². The van der Waals surface area contributed by atoms with Crippen LogP contribution in [0.1, 0.15) is 34.6 Å². The summed E-state index contributed by atoms with van der Waals surface area (Å²) in [5.74, 6) is -0.636. The number of hydrogen-bond acceptors (Lipinski definition) is 3. The molecule has 0 aliphatic heterocycles. The summed E-state index contributed by atoms with van der Waals surface area (Å²) in [5, 5.41) is 11.1. The zero-order valence-electron chi connectivity index (χ0n) is 16.2. The van der Waals surface area contributed by atoms with Crippen molar-refractivity contribution in [1.82, 2.24) is 24.9 Å². The Kier molecular flexibility index (Phi) is 5.38. The van der Waals surface area contributed by atoms with Gasteiger partial charge in [-0.25, -0.2) is 13.5 Å². The molecule has 6 nitrogen and oxygen atoms in total. The Hall–Kier alpha value is -3.81. The number of rotatable bonds is 6. The molecule has 0 saturated carbocycles. The lowest BCUT2D eigenvalue weighted by atomic mass is 10.1. The van der Waals surface area contributed by atoms with Gasteiger partial charge in [0.25, 0.3) is 5.91 Å². The molecule has 0 saturated heterocycles. The van der Waals surface area contributed by atoms with Crippen molar-refractivity contribution >= 4 is 5.91 Å². The van der Waals surface area contributed by atoms with Crippen LogP contribution in [0.5, 0.6) is 0 Å². The van der Waals surface area contributed by atoms with Crippen molar-refractivity contribution in [3.05, 3.63) is 102 Å². The fourth-order valence-corrected chi connectivity index (χ4v) is 3.20. The first-order chi connectivity index (χ1) is 14.5. The smallest absolute Gasteiger partial charge is 0.276 e. The van der Waals surface area contributed by atoms with Crippen molar-refractivity contribution in [3.63, 3.8) is 0 Å². The summed E-state index contributed by atoms with van der Waals surface area (Å²) >= 11 is 0. The zero-order valence-corrected chi connectivity index (χ0v) is 16.2. The molecule has 4 rings (SSSR count). The van der Waals surface area contributed by atoms with Crippen molar-refractivity contribution in [3.8, 4) is 5.82 Å². The summed E-state index contributed by atoms with van der Waals surface area (Å²) in [6.45, 7) is 2.05. The Balaban J connectivity index is 1.63. The van der Waals surface area contributed by atoms with E-state index in [4.69, 9.17) is 0 Å². The highest BCUT2D eigenvalue weighted by Gasteiger charge is 2.23. The Morgan fingerprint density at radius 2 is 1.77 bits per heavy atom. The fourth-order valence-electron chi connectivity index (χ4n) is 3.20. The molecular formula is C22H19F2N5O. The lowest BCUT2D eigenvalue weighted by molar-refractivity contribution is 0.0934. The highest BCUT2D eigenvalue weighted by atomic mass is 19.1. The van der Waals surface area contributed by atoms with Crippen molar-refractivity contribution in [2.45, 2.75) is 19.5 Å². The van der Waals surface area contributed by atoms with E-state index in [0.29, 0.717) is 11.4 Å². The van der Waals surface area contributed by atoms with Gasteiger partial charge in [0, 0.05) is 12.4 Å². The molecule has 0 unspecified atom stereocenters. The molecule has 0 bridgehead atoms. The predicted molar refractivity (Wildman–Crippen MR) is 107 cm³/mol. The minimum Gasteiger partial charge on any atom is -0.344 e. The van der Waals surface area contributed by atoms with E-state index in [0.717, 1.165) is 5.56 Å². The normalized spacial score (nSPS) is 12.0. The van der Waals surface area contributed by atoms with E-state index in [1.807, 2.05) is 12.1 Å². The van der Waals surface area contributed by atoms with E-state index in [2.05, 4.69) is 15.6 Å². The number of carbonyl (C=O) groups is 1. The molecule has 0 fully saturated rings. The molecule has 152 valence electrons. The number of nitrogens with zero attached hydrogens (tertiary/aromatic N) is 4. The lowest BCUT2D eigenvalue weighted by Crippen LogP contribution is -2.28. The van der Waals surface area contributed by atoms with E-state index in [1.54, 1.807) is 52.8 Å². The number of benzene rings is 2. The van der Waals surface area contributed by atoms with Crippen LogP contribution in [-0.2, 0) is 6.54 Å². The number of aromatic nitrogens is 4. The summed E-state index contributed by atoms with van der Waals surface area (Å²) in [7, 11) is 0. The molecule has 8 heteroatoms. The molecular weight excluding hydrogens is 388 g/mol. The molecule has 2 aromatic carbocycles. The third kappa shape index (κ3) is 4.12. The average Bonchev–Trinajstić information content (AvgIpc) is 3.38. The van der Waals surface area contributed by atoms with Crippen LogP contribution in [0, 0.1) is 11.6 Å². The maximum atomic E-state index is 13.6. The molecule has 0 spiro atoms. The van der Waals surface area contributed by atoms with Crippen LogP contribution >= 0.6 is 0 Å². The molecule has 0 aliphatic carbocycles. The van der Waals surface area contributed by atoms with Crippen molar-refractivity contribution in [2.24, 2.45) is 0 Å². The standard InChI is InChI=1S/C22H19F2N5O/c1-15(17-7-9-18(23)10-8-17)25-21(30)20-22(28-11-2-3-12-28)29(27-26-20)14-16-5-4-6-19(24)13-16/h2-13,15H,14H2,1H3,(H,25,30)/t15-/m1/s1. The van der Waals surface area contributed by atoms with Crippen LogP contribution in [0.15, 0.2) is 73.1 Å². The quantitative estimate of drug-likeness (QED) is 0.528. The minimum absolute atomic E-state index is 0.136. The molecule has 1 N–H and O–H groups in total. The Labute approximate surface area is 171 Å². The fraction of sp³-hybridized carbons (Fsp3) is 0.136. The first-order valence-electron chi connectivity index (χ1n) is 9.39. The number of amides is 1. The summed E-state index contributed by atoms with van der Waals surface area (Å²) in [6.07, 6.45) is 3.56.